The van der Waals surface area contributed by atoms with Crippen LogP contribution in [0.3, 0.4) is 0 Å². The number of aromatic nitrogens is 3. The molecule has 17 heavy (non-hydrogen) atoms. The van der Waals surface area contributed by atoms with Crippen molar-refractivity contribution in [2.75, 3.05) is 5.32 Å². The molecule has 0 bridgehead atoms. The summed E-state index contributed by atoms with van der Waals surface area (Å²) in [5.74, 6) is -0.193. The molecule has 0 unspecified atom stereocenters. The van der Waals surface area contributed by atoms with E-state index in [0.29, 0.717) is 12.1 Å². The molecular weight excluding hydrogens is 218 g/mol. The van der Waals surface area contributed by atoms with E-state index in [1.807, 2.05) is 0 Å². The third-order valence-corrected chi connectivity index (χ3v) is 2.13. The van der Waals surface area contributed by atoms with E-state index in [2.05, 4.69) is 26.6 Å². The second kappa shape index (κ2) is 4.90. The number of nitriles is 1. The molecule has 0 atom stereocenters. The molecule has 0 spiro atoms. The van der Waals surface area contributed by atoms with Gasteiger partial charge in [0, 0.05) is 5.69 Å². The number of hydrogen-bond acceptors (Lipinski definition) is 4. The van der Waals surface area contributed by atoms with Gasteiger partial charge < -0.3 is 5.32 Å². The lowest BCUT2D eigenvalue weighted by molar-refractivity contribution is 0.101. The average Bonchev–Trinajstić information content (AvgIpc) is 2.86. The highest BCUT2D eigenvalue weighted by Crippen LogP contribution is 2.10. The fourth-order valence-electron chi connectivity index (χ4n) is 1.30. The van der Waals surface area contributed by atoms with Crippen molar-refractivity contribution in [1.29, 1.82) is 5.26 Å². The molecule has 1 amide bonds. The first-order valence-electron chi connectivity index (χ1n) is 4.92. The molecule has 6 heteroatoms. The molecule has 2 rings (SSSR count). The van der Waals surface area contributed by atoms with Crippen molar-refractivity contribution in [2.24, 2.45) is 0 Å². The van der Waals surface area contributed by atoms with Gasteiger partial charge in [0.25, 0.3) is 5.91 Å². The van der Waals surface area contributed by atoms with Gasteiger partial charge in [-0.05, 0) is 17.7 Å². The SMILES string of the molecule is N#CCc1ccc(NC(=O)c2ncn[nH]2)cc1. The largest absolute Gasteiger partial charge is 0.319 e. The van der Waals surface area contributed by atoms with Crippen molar-refractivity contribution in [3.63, 3.8) is 0 Å². The molecule has 6 nitrogen and oxygen atoms in total. The quantitative estimate of drug-likeness (QED) is 0.821. The first-order valence-corrected chi connectivity index (χ1v) is 4.92. The predicted octanol–water partition coefficient (Wildman–Crippen LogP) is 1.12. The number of hydrogen-bond donors (Lipinski definition) is 2. The van der Waals surface area contributed by atoms with Gasteiger partial charge in [0.2, 0.25) is 5.82 Å². The standard InChI is InChI=1S/C11H9N5O/c12-6-5-8-1-3-9(4-2-8)15-11(17)10-13-7-14-16-10/h1-4,7H,5H2,(H,15,17)(H,13,14,16). The van der Waals surface area contributed by atoms with Gasteiger partial charge in [0.05, 0.1) is 12.5 Å². The Kier molecular flexibility index (Phi) is 3.12. The van der Waals surface area contributed by atoms with Gasteiger partial charge in [-0.3, -0.25) is 9.89 Å². The predicted molar refractivity (Wildman–Crippen MR) is 60.1 cm³/mol. The second-order valence-electron chi connectivity index (χ2n) is 3.32. The molecule has 0 fully saturated rings. The zero-order chi connectivity index (χ0) is 12.1. The maximum atomic E-state index is 11.6. The molecule has 2 N–H and O–H groups in total. The maximum absolute atomic E-state index is 11.6. The minimum atomic E-state index is -0.351. The van der Waals surface area contributed by atoms with Gasteiger partial charge in [-0.1, -0.05) is 12.1 Å². The van der Waals surface area contributed by atoms with Crippen LogP contribution >= 0.6 is 0 Å². The summed E-state index contributed by atoms with van der Waals surface area (Å²) in [5.41, 5.74) is 1.55. The van der Waals surface area contributed by atoms with Crippen molar-refractivity contribution in [3.05, 3.63) is 42.0 Å². The lowest BCUT2D eigenvalue weighted by atomic mass is 10.1. The summed E-state index contributed by atoms with van der Waals surface area (Å²) >= 11 is 0. The molecule has 0 radical (unpaired) electrons. The highest BCUT2D eigenvalue weighted by molar-refractivity contribution is 6.01. The number of nitrogens with one attached hydrogen (secondary N) is 2. The molecule has 2 aromatic rings. The van der Waals surface area contributed by atoms with E-state index in [1.165, 1.54) is 6.33 Å². The van der Waals surface area contributed by atoms with Crippen molar-refractivity contribution in [2.45, 2.75) is 6.42 Å². The van der Waals surface area contributed by atoms with E-state index in [0.717, 1.165) is 5.56 Å². The summed E-state index contributed by atoms with van der Waals surface area (Å²) < 4.78 is 0. The number of carbonyl (C=O) groups is 1. The minimum Gasteiger partial charge on any atom is -0.319 e. The van der Waals surface area contributed by atoms with E-state index in [4.69, 9.17) is 5.26 Å². The lowest BCUT2D eigenvalue weighted by Crippen LogP contribution is -2.13. The van der Waals surface area contributed by atoms with E-state index in [-0.39, 0.29) is 11.7 Å². The average molecular weight is 227 g/mol. The van der Waals surface area contributed by atoms with Crippen LogP contribution in [-0.2, 0) is 6.42 Å². The van der Waals surface area contributed by atoms with Crippen LogP contribution in [0.4, 0.5) is 5.69 Å². The van der Waals surface area contributed by atoms with Crippen LogP contribution < -0.4 is 5.32 Å². The smallest absolute Gasteiger partial charge is 0.292 e. The fraction of sp³-hybridized carbons (Fsp3) is 0.0909. The van der Waals surface area contributed by atoms with E-state index in [9.17, 15) is 4.79 Å². The highest BCUT2D eigenvalue weighted by Gasteiger charge is 2.08. The molecule has 0 aliphatic heterocycles. The van der Waals surface area contributed by atoms with E-state index in [1.54, 1.807) is 24.3 Å². The number of nitrogens with zero attached hydrogens (tertiary/aromatic N) is 3. The fourth-order valence-corrected chi connectivity index (χ4v) is 1.30. The molecule has 0 saturated carbocycles. The van der Waals surface area contributed by atoms with E-state index >= 15 is 0 Å². The lowest BCUT2D eigenvalue weighted by Gasteiger charge is -2.03. The summed E-state index contributed by atoms with van der Waals surface area (Å²) in [4.78, 5) is 15.3. The summed E-state index contributed by atoms with van der Waals surface area (Å²) in [7, 11) is 0. The Balaban J connectivity index is 2.05. The zero-order valence-corrected chi connectivity index (χ0v) is 8.84. The Morgan fingerprint density at radius 3 is 2.76 bits per heavy atom. The number of amides is 1. The molecule has 84 valence electrons. The Bertz CT molecular complexity index is 538. The number of aromatic amines is 1. The Hall–Kier alpha value is -2.68. The summed E-state index contributed by atoms with van der Waals surface area (Å²) in [5, 5.41) is 17.2. The van der Waals surface area contributed by atoms with Gasteiger partial charge in [0.15, 0.2) is 0 Å². The molecular formula is C11H9N5O. The number of H-pyrrole nitrogens is 1. The Labute approximate surface area is 97.3 Å². The van der Waals surface area contributed by atoms with Crippen LogP contribution in [0.1, 0.15) is 16.2 Å². The number of rotatable bonds is 3. The summed E-state index contributed by atoms with van der Waals surface area (Å²) in [6.07, 6.45) is 1.63. The first-order chi connectivity index (χ1) is 8.29. The van der Waals surface area contributed by atoms with Crippen LogP contribution in [-0.4, -0.2) is 21.1 Å². The number of benzene rings is 1. The van der Waals surface area contributed by atoms with Gasteiger partial charge in [-0.15, -0.1) is 0 Å². The normalized spacial score (nSPS) is 9.59. The minimum absolute atomic E-state index is 0.158. The van der Waals surface area contributed by atoms with Crippen molar-refractivity contribution >= 4 is 11.6 Å². The molecule has 1 heterocycles. The first kappa shape index (κ1) is 10.8. The van der Waals surface area contributed by atoms with Crippen LogP contribution in [0.5, 0.6) is 0 Å². The third kappa shape index (κ3) is 2.66. The maximum Gasteiger partial charge on any atom is 0.292 e. The van der Waals surface area contributed by atoms with Gasteiger partial charge in [0.1, 0.15) is 6.33 Å². The molecule has 1 aromatic carbocycles. The molecule has 0 aliphatic rings. The van der Waals surface area contributed by atoms with Crippen LogP contribution in [0, 0.1) is 11.3 Å². The van der Waals surface area contributed by atoms with Crippen molar-refractivity contribution < 1.29 is 4.79 Å². The molecule has 0 aliphatic carbocycles. The zero-order valence-electron chi connectivity index (χ0n) is 8.84. The number of anilines is 1. The van der Waals surface area contributed by atoms with Gasteiger partial charge >= 0.3 is 0 Å². The summed E-state index contributed by atoms with van der Waals surface area (Å²) in [6, 6.07) is 9.11. The Morgan fingerprint density at radius 1 is 1.41 bits per heavy atom. The van der Waals surface area contributed by atoms with Crippen molar-refractivity contribution in [1.82, 2.24) is 15.2 Å². The van der Waals surface area contributed by atoms with Crippen LogP contribution in [0.25, 0.3) is 0 Å². The second-order valence-corrected chi connectivity index (χ2v) is 3.32. The van der Waals surface area contributed by atoms with Crippen LogP contribution in [0.2, 0.25) is 0 Å². The monoisotopic (exact) mass is 227 g/mol. The van der Waals surface area contributed by atoms with E-state index < -0.39 is 0 Å². The molecule has 0 saturated heterocycles. The highest BCUT2D eigenvalue weighted by atomic mass is 16.2. The number of carbonyl (C=O) groups excluding carboxylic acids is 1. The Morgan fingerprint density at radius 2 is 2.18 bits per heavy atom. The third-order valence-electron chi connectivity index (χ3n) is 2.13. The topological polar surface area (TPSA) is 94.5 Å². The summed E-state index contributed by atoms with van der Waals surface area (Å²) in [6.45, 7) is 0. The van der Waals surface area contributed by atoms with Gasteiger partial charge in [-0.25, -0.2) is 4.98 Å². The van der Waals surface area contributed by atoms with Gasteiger partial charge in [-0.2, -0.15) is 10.4 Å². The van der Waals surface area contributed by atoms with Crippen molar-refractivity contribution in [3.8, 4) is 6.07 Å². The molecule has 1 aromatic heterocycles. The van der Waals surface area contributed by atoms with Crippen LogP contribution in [0.15, 0.2) is 30.6 Å².